The minimum absolute atomic E-state index is 0.227. The molecule has 3 aromatic rings. The minimum Gasteiger partial charge on any atom is -0.361 e. The highest BCUT2D eigenvalue weighted by molar-refractivity contribution is 7.19. The number of hydrogen-bond donors (Lipinski definition) is 1. The summed E-state index contributed by atoms with van der Waals surface area (Å²) in [6.07, 6.45) is 4.72. The number of hydrogen-bond acceptors (Lipinski definition) is 3. The zero-order valence-electron chi connectivity index (χ0n) is 15.6. The van der Waals surface area contributed by atoms with Crippen molar-refractivity contribution in [3.05, 3.63) is 53.0 Å². The smallest absolute Gasteiger partial charge is 0.115 e. The number of nitrogens with zero attached hydrogens (tertiary/aromatic N) is 1. The van der Waals surface area contributed by atoms with Gasteiger partial charge in [-0.3, -0.25) is 5.32 Å². The molecule has 1 aliphatic rings. The molecule has 3 heteroatoms. The van der Waals surface area contributed by atoms with Crippen molar-refractivity contribution in [2.75, 3.05) is 7.05 Å². The van der Waals surface area contributed by atoms with E-state index in [9.17, 15) is 0 Å². The van der Waals surface area contributed by atoms with Gasteiger partial charge in [0.1, 0.15) is 6.17 Å². The molecule has 1 aromatic heterocycles. The minimum atomic E-state index is 0.227. The largest absolute Gasteiger partial charge is 0.361 e. The SMILES string of the molecule is C[C@@H](NC1c2sc3ccc4ccccc4c3c2C=CN1C)C(C)(C)C. The predicted octanol–water partition coefficient (Wildman–Crippen LogP) is 5.99. The summed E-state index contributed by atoms with van der Waals surface area (Å²) in [5, 5.41) is 7.93. The predicted molar refractivity (Wildman–Crippen MR) is 111 cm³/mol. The van der Waals surface area contributed by atoms with E-state index in [1.165, 1.54) is 31.3 Å². The topological polar surface area (TPSA) is 15.3 Å². The second kappa shape index (κ2) is 5.86. The molecule has 2 aromatic carbocycles. The molecule has 0 aliphatic carbocycles. The van der Waals surface area contributed by atoms with E-state index in [2.05, 4.69) is 93.6 Å². The van der Waals surface area contributed by atoms with E-state index in [0.29, 0.717) is 6.04 Å². The lowest BCUT2D eigenvalue weighted by Crippen LogP contribution is -2.44. The van der Waals surface area contributed by atoms with Gasteiger partial charge < -0.3 is 4.90 Å². The zero-order chi connectivity index (χ0) is 17.8. The van der Waals surface area contributed by atoms with Gasteiger partial charge in [0.25, 0.3) is 0 Å². The molecule has 0 fully saturated rings. The Kier molecular flexibility index (Phi) is 3.89. The second-order valence-electron chi connectivity index (χ2n) is 8.18. The summed E-state index contributed by atoms with van der Waals surface area (Å²) in [5.74, 6) is 0. The van der Waals surface area contributed by atoms with Crippen molar-refractivity contribution in [1.82, 2.24) is 10.2 Å². The molecule has 0 saturated carbocycles. The van der Waals surface area contributed by atoms with Crippen LogP contribution in [0.25, 0.3) is 26.9 Å². The van der Waals surface area contributed by atoms with Crippen molar-refractivity contribution in [3.8, 4) is 0 Å². The average Bonchev–Trinajstić information content (AvgIpc) is 2.95. The van der Waals surface area contributed by atoms with Crippen LogP contribution in [0.4, 0.5) is 0 Å². The molecule has 130 valence electrons. The van der Waals surface area contributed by atoms with Crippen LogP contribution in [0.1, 0.15) is 44.3 Å². The lowest BCUT2D eigenvalue weighted by molar-refractivity contribution is 0.194. The van der Waals surface area contributed by atoms with Gasteiger partial charge in [-0.2, -0.15) is 0 Å². The highest BCUT2D eigenvalue weighted by atomic mass is 32.1. The van der Waals surface area contributed by atoms with Gasteiger partial charge in [0, 0.05) is 34.9 Å². The third-order valence-electron chi connectivity index (χ3n) is 5.48. The van der Waals surface area contributed by atoms with Crippen LogP contribution in [0, 0.1) is 5.41 Å². The van der Waals surface area contributed by atoms with Gasteiger partial charge >= 0.3 is 0 Å². The van der Waals surface area contributed by atoms with E-state index >= 15 is 0 Å². The molecule has 1 unspecified atom stereocenters. The summed E-state index contributed by atoms with van der Waals surface area (Å²) in [4.78, 5) is 3.72. The standard InChI is InChI=1S/C22H26N2S/c1-14(22(2,3)4)23-21-20-17(12-13-24(21)5)19-16-9-7-6-8-15(16)10-11-18(19)25-20/h6-14,21,23H,1-5H3/t14-,21?/m1/s1. The molecule has 0 radical (unpaired) electrons. The lowest BCUT2D eigenvalue weighted by atomic mass is 9.87. The number of nitrogens with one attached hydrogen (secondary N) is 1. The molecule has 0 amide bonds. The first-order chi connectivity index (χ1) is 11.9. The summed E-state index contributed by atoms with van der Waals surface area (Å²) in [6, 6.07) is 13.6. The van der Waals surface area contributed by atoms with Crippen LogP contribution in [0.3, 0.4) is 0 Å². The van der Waals surface area contributed by atoms with Gasteiger partial charge in [-0.05, 0) is 35.3 Å². The van der Waals surface area contributed by atoms with E-state index in [4.69, 9.17) is 0 Å². The number of benzene rings is 2. The fourth-order valence-corrected chi connectivity index (χ4v) is 4.74. The third-order valence-corrected chi connectivity index (χ3v) is 6.71. The van der Waals surface area contributed by atoms with Crippen LogP contribution in [0.15, 0.2) is 42.6 Å². The first kappa shape index (κ1) is 16.6. The highest BCUT2D eigenvalue weighted by Gasteiger charge is 2.30. The van der Waals surface area contributed by atoms with Crippen LogP contribution in [-0.2, 0) is 0 Å². The molecule has 0 spiro atoms. The summed E-state index contributed by atoms with van der Waals surface area (Å²) < 4.78 is 1.37. The Morgan fingerprint density at radius 1 is 1.12 bits per heavy atom. The van der Waals surface area contributed by atoms with Gasteiger partial charge in [-0.1, -0.05) is 51.1 Å². The fourth-order valence-electron chi connectivity index (χ4n) is 3.42. The van der Waals surface area contributed by atoms with Crippen molar-refractivity contribution in [2.45, 2.75) is 39.9 Å². The number of fused-ring (bicyclic) bond motifs is 5. The maximum Gasteiger partial charge on any atom is 0.115 e. The molecule has 1 aliphatic heterocycles. The van der Waals surface area contributed by atoms with Crippen LogP contribution in [0.2, 0.25) is 0 Å². The maximum atomic E-state index is 3.86. The Morgan fingerprint density at radius 2 is 1.88 bits per heavy atom. The van der Waals surface area contributed by atoms with Gasteiger partial charge in [0.15, 0.2) is 0 Å². The molecule has 0 saturated heterocycles. The zero-order valence-corrected chi connectivity index (χ0v) is 16.4. The molecule has 2 heterocycles. The normalized spacial score (nSPS) is 18.8. The van der Waals surface area contributed by atoms with Crippen molar-refractivity contribution in [3.63, 3.8) is 0 Å². The van der Waals surface area contributed by atoms with Crippen molar-refractivity contribution in [2.24, 2.45) is 5.41 Å². The molecular weight excluding hydrogens is 324 g/mol. The number of rotatable bonds is 2. The van der Waals surface area contributed by atoms with Crippen LogP contribution < -0.4 is 5.32 Å². The van der Waals surface area contributed by atoms with Crippen LogP contribution >= 0.6 is 11.3 Å². The van der Waals surface area contributed by atoms with E-state index < -0.39 is 0 Å². The van der Waals surface area contributed by atoms with Gasteiger partial charge in [0.2, 0.25) is 0 Å². The van der Waals surface area contributed by atoms with E-state index in [-0.39, 0.29) is 11.6 Å². The van der Waals surface area contributed by atoms with Crippen molar-refractivity contribution < 1.29 is 0 Å². The van der Waals surface area contributed by atoms with Crippen molar-refractivity contribution in [1.29, 1.82) is 0 Å². The maximum absolute atomic E-state index is 3.86. The second-order valence-corrected chi connectivity index (χ2v) is 9.26. The monoisotopic (exact) mass is 350 g/mol. The Morgan fingerprint density at radius 3 is 2.64 bits per heavy atom. The Hall–Kier alpha value is -1.84. The fraction of sp³-hybridized carbons (Fsp3) is 0.364. The summed E-state index contributed by atoms with van der Waals surface area (Å²) in [5.41, 5.74) is 1.61. The summed E-state index contributed by atoms with van der Waals surface area (Å²) in [6.45, 7) is 9.17. The molecular formula is C22H26N2S. The third kappa shape index (κ3) is 2.76. The number of thiophene rings is 1. The highest BCUT2D eigenvalue weighted by Crippen LogP contribution is 2.43. The van der Waals surface area contributed by atoms with Crippen LogP contribution in [0.5, 0.6) is 0 Å². The summed E-state index contributed by atoms with van der Waals surface area (Å²) >= 11 is 1.92. The summed E-state index contributed by atoms with van der Waals surface area (Å²) in [7, 11) is 2.16. The molecule has 25 heavy (non-hydrogen) atoms. The van der Waals surface area contributed by atoms with E-state index in [1.807, 2.05) is 11.3 Å². The molecule has 1 N–H and O–H groups in total. The van der Waals surface area contributed by atoms with Crippen LogP contribution in [-0.4, -0.2) is 18.0 Å². The Bertz CT molecular complexity index is 961. The molecule has 2 nitrogen and oxygen atoms in total. The lowest BCUT2D eigenvalue weighted by Gasteiger charge is -2.37. The van der Waals surface area contributed by atoms with E-state index in [1.54, 1.807) is 0 Å². The van der Waals surface area contributed by atoms with Gasteiger partial charge in [0.05, 0.1) is 4.88 Å². The molecule has 4 rings (SSSR count). The molecule has 2 atom stereocenters. The molecule has 0 bridgehead atoms. The average molecular weight is 351 g/mol. The first-order valence-electron chi connectivity index (χ1n) is 8.96. The van der Waals surface area contributed by atoms with Crippen molar-refractivity contribution >= 4 is 38.3 Å². The van der Waals surface area contributed by atoms with Gasteiger partial charge in [-0.25, -0.2) is 0 Å². The van der Waals surface area contributed by atoms with Gasteiger partial charge in [-0.15, -0.1) is 11.3 Å². The quantitative estimate of drug-likeness (QED) is 0.610. The van der Waals surface area contributed by atoms with E-state index in [0.717, 1.165) is 0 Å². The Balaban J connectivity index is 1.88. The first-order valence-corrected chi connectivity index (χ1v) is 9.78. The Labute approximate surface area is 154 Å².